The minimum atomic E-state index is -0.993. The highest BCUT2D eigenvalue weighted by atomic mass is 35.5. The van der Waals surface area contributed by atoms with Gasteiger partial charge in [-0.15, -0.1) is 0 Å². The molecule has 0 radical (unpaired) electrons. The molecular formula is C50H57ClN6O6. The Morgan fingerprint density at radius 1 is 0.905 bits per heavy atom. The van der Waals surface area contributed by atoms with Gasteiger partial charge in [-0.05, 0) is 104 Å². The van der Waals surface area contributed by atoms with Crippen LogP contribution in [0.25, 0.3) is 6.08 Å². The molecule has 4 fully saturated rings. The number of fused-ring (bicyclic) bond motifs is 4. The third-order valence-electron chi connectivity index (χ3n) is 15.0. The predicted molar refractivity (Wildman–Crippen MR) is 240 cm³/mol. The average molecular weight is 873 g/mol. The molecule has 2 saturated heterocycles. The number of rotatable bonds is 11. The fourth-order valence-electron chi connectivity index (χ4n) is 11.8. The Hall–Kier alpha value is -5.33. The lowest BCUT2D eigenvalue weighted by molar-refractivity contribution is -0.137. The molecule has 0 aromatic heterocycles. The topological polar surface area (TPSA) is 166 Å². The lowest BCUT2D eigenvalue weighted by Crippen LogP contribution is -2.60. The molecule has 2 unspecified atom stereocenters. The number of amides is 6. The summed E-state index contributed by atoms with van der Waals surface area (Å²) in [4.78, 5) is 81.5. The molecule has 63 heavy (non-hydrogen) atoms. The zero-order chi connectivity index (χ0) is 43.9. The first-order valence-electron chi connectivity index (χ1n) is 23.0. The second-order valence-electron chi connectivity index (χ2n) is 18.7. The summed E-state index contributed by atoms with van der Waals surface area (Å²) in [5, 5.41) is 16.5. The monoisotopic (exact) mass is 872 g/mol. The van der Waals surface area contributed by atoms with Gasteiger partial charge in [-0.1, -0.05) is 98.5 Å². The number of benzene rings is 3. The number of carbonyl (C=O) groups excluding carboxylic acids is 6. The third-order valence-corrected chi connectivity index (χ3v) is 15.2. The van der Waals surface area contributed by atoms with Crippen LogP contribution < -0.4 is 26.6 Å². The van der Waals surface area contributed by atoms with E-state index in [2.05, 4.69) is 39.6 Å². The van der Waals surface area contributed by atoms with E-state index >= 15 is 0 Å². The largest absolute Gasteiger partial charge is 0.356 e. The summed E-state index contributed by atoms with van der Waals surface area (Å²) in [5.41, 5.74) is 3.40. The molecule has 5 N–H and O–H groups in total. The Balaban J connectivity index is 0.778. The summed E-state index contributed by atoms with van der Waals surface area (Å²) in [6, 6.07) is 19.9. The van der Waals surface area contributed by atoms with Crippen molar-refractivity contribution in [1.29, 1.82) is 0 Å². The van der Waals surface area contributed by atoms with Crippen LogP contribution in [-0.4, -0.2) is 70.6 Å². The van der Waals surface area contributed by atoms with Crippen molar-refractivity contribution in [3.8, 4) is 0 Å². The number of imide groups is 1. The molecule has 5 atom stereocenters. The van der Waals surface area contributed by atoms with E-state index in [1.807, 2.05) is 66.7 Å². The van der Waals surface area contributed by atoms with Gasteiger partial charge in [0.25, 0.3) is 5.91 Å². The number of halogens is 1. The molecule has 2 saturated carbocycles. The minimum absolute atomic E-state index is 0.0573. The highest BCUT2D eigenvalue weighted by Crippen LogP contribution is 2.62. The molecule has 3 aromatic rings. The maximum Gasteiger partial charge on any atom is 0.255 e. The Morgan fingerprint density at radius 2 is 1.68 bits per heavy atom. The Kier molecular flexibility index (Phi) is 12.1. The van der Waals surface area contributed by atoms with E-state index in [4.69, 9.17) is 11.6 Å². The molecule has 12 nitrogen and oxygen atoms in total. The standard InChI is InChI=1S/C50H57ClN6O6/c1-30(15-16-31-13-8-14-36-37(31)29-57(47(36)62)40-23-24-41(58)55-45(40)60)10-9-27-52-44(59)33-17-20-35(21-18-33)53-46(61)43-42(32-11-4-2-5-12-32)50(49(56-43)25-6-3-7-26-49)38-22-19-34(51)28-39(38)54-48(50)63/h2,4-5,8,11-16,19,22,28,30,33,35,40,42-43,56H,3,6-7,9-10,17-18,20-21,23-27,29H2,1H3,(H,52,59)(H,53,61)(H,54,63)(H,55,58,60)/b16-15+/t30?,33?,35?,40?,42-,43+,50+/m0/s1. The maximum absolute atomic E-state index is 14.6. The second kappa shape index (κ2) is 17.7. The van der Waals surface area contributed by atoms with Crippen LogP contribution >= 0.6 is 11.6 Å². The van der Waals surface area contributed by atoms with Crippen LogP contribution in [0.2, 0.25) is 5.02 Å². The lowest BCUT2D eigenvalue weighted by atomic mass is 9.55. The van der Waals surface area contributed by atoms with Crippen molar-refractivity contribution in [2.45, 2.75) is 132 Å². The van der Waals surface area contributed by atoms with E-state index in [-0.39, 0.29) is 53.8 Å². The Labute approximate surface area is 373 Å². The molecule has 9 rings (SSSR count). The van der Waals surface area contributed by atoms with E-state index < -0.39 is 34.9 Å². The van der Waals surface area contributed by atoms with Crippen LogP contribution in [0, 0.1) is 11.8 Å². The molecule has 6 aliphatic rings. The Morgan fingerprint density at radius 3 is 2.44 bits per heavy atom. The van der Waals surface area contributed by atoms with E-state index in [1.165, 1.54) is 0 Å². The van der Waals surface area contributed by atoms with Crippen molar-refractivity contribution in [2.75, 3.05) is 11.9 Å². The van der Waals surface area contributed by atoms with Crippen LogP contribution in [0.5, 0.6) is 0 Å². The van der Waals surface area contributed by atoms with Crippen molar-refractivity contribution in [2.24, 2.45) is 11.8 Å². The first kappa shape index (κ1) is 42.9. The van der Waals surface area contributed by atoms with E-state index in [0.717, 1.165) is 72.9 Å². The lowest BCUT2D eigenvalue weighted by Gasteiger charge is -2.47. The number of hydrogen-bond donors (Lipinski definition) is 5. The summed E-state index contributed by atoms with van der Waals surface area (Å²) in [6.45, 7) is 3.03. The Bertz CT molecular complexity index is 2340. The summed E-state index contributed by atoms with van der Waals surface area (Å²) in [7, 11) is 0. The van der Waals surface area contributed by atoms with E-state index in [9.17, 15) is 28.8 Å². The first-order valence-corrected chi connectivity index (χ1v) is 23.3. The third kappa shape index (κ3) is 7.87. The van der Waals surface area contributed by atoms with Gasteiger partial charge in [-0.3, -0.25) is 39.4 Å². The van der Waals surface area contributed by atoms with Gasteiger partial charge in [-0.25, -0.2) is 0 Å². The van der Waals surface area contributed by atoms with Crippen molar-refractivity contribution < 1.29 is 28.8 Å². The van der Waals surface area contributed by atoms with E-state index in [0.29, 0.717) is 55.8 Å². The number of allylic oxidation sites excluding steroid dienone is 1. The van der Waals surface area contributed by atoms with Gasteiger partial charge in [-0.2, -0.15) is 0 Å². The quantitative estimate of drug-likeness (QED) is 0.106. The fourth-order valence-corrected chi connectivity index (χ4v) is 12.0. The number of nitrogens with one attached hydrogen (secondary N) is 5. The molecule has 2 spiro atoms. The molecule has 330 valence electrons. The molecule has 13 heteroatoms. The van der Waals surface area contributed by atoms with Gasteiger partial charge in [0.2, 0.25) is 29.5 Å². The normalized spacial score (nSPS) is 27.9. The number of carbonyl (C=O) groups is 6. The number of piperidine rings is 1. The molecule has 2 aliphatic carbocycles. The smallest absolute Gasteiger partial charge is 0.255 e. The van der Waals surface area contributed by atoms with Crippen LogP contribution in [0.4, 0.5) is 5.69 Å². The van der Waals surface area contributed by atoms with Gasteiger partial charge >= 0.3 is 0 Å². The molecule has 4 aliphatic heterocycles. The molecule has 4 heterocycles. The van der Waals surface area contributed by atoms with Gasteiger partial charge in [0.15, 0.2) is 0 Å². The minimum Gasteiger partial charge on any atom is -0.356 e. The van der Waals surface area contributed by atoms with Gasteiger partial charge in [0.1, 0.15) is 11.5 Å². The SMILES string of the molecule is CC(/C=C/c1cccc2c1CN(C1CCC(=O)NC1=O)C2=O)CCCNC(=O)C1CCC(NC(=O)[C@@H]2NC3(CCCCC3)[C@@]3(C(=O)Nc4cc(Cl)ccc43)[C@H]2c2ccccc2)CC1. The number of hydrogen-bond acceptors (Lipinski definition) is 7. The van der Waals surface area contributed by atoms with Crippen LogP contribution in [0.3, 0.4) is 0 Å². The van der Waals surface area contributed by atoms with Crippen molar-refractivity contribution in [3.63, 3.8) is 0 Å². The summed E-state index contributed by atoms with van der Waals surface area (Å²) >= 11 is 6.45. The fraction of sp³-hybridized carbons (Fsp3) is 0.480. The highest BCUT2D eigenvalue weighted by Gasteiger charge is 2.72. The first-order chi connectivity index (χ1) is 30.5. The highest BCUT2D eigenvalue weighted by molar-refractivity contribution is 6.31. The average Bonchev–Trinajstić information content (AvgIpc) is 3.88. The van der Waals surface area contributed by atoms with Crippen LogP contribution in [0.15, 0.2) is 72.8 Å². The molecule has 0 bridgehead atoms. The molecule has 3 aromatic carbocycles. The van der Waals surface area contributed by atoms with Crippen LogP contribution in [0.1, 0.15) is 129 Å². The predicted octanol–water partition coefficient (Wildman–Crippen LogP) is 6.67. The number of nitrogens with zero attached hydrogens (tertiary/aromatic N) is 1. The van der Waals surface area contributed by atoms with Crippen molar-refractivity contribution >= 4 is 58.8 Å². The summed E-state index contributed by atoms with van der Waals surface area (Å²) in [5.74, 6) is -1.35. The molecular weight excluding hydrogens is 816 g/mol. The van der Waals surface area contributed by atoms with Crippen molar-refractivity contribution in [1.82, 2.24) is 26.2 Å². The summed E-state index contributed by atoms with van der Waals surface area (Å²) < 4.78 is 0. The second-order valence-corrected chi connectivity index (χ2v) is 19.1. The molecule has 6 amide bonds. The zero-order valence-electron chi connectivity index (χ0n) is 35.9. The van der Waals surface area contributed by atoms with Crippen LogP contribution in [-0.2, 0) is 35.9 Å². The maximum atomic E-state index is 14.6. The van der Waals surface area contributed by atoms with E-state index in [1.54, 1.807) is 11.0 Å². The number of anilines is 1. The van der Waals surface area contributed by atoms with Gasteiger partial charge in [0.05, 0.1) is 6.04 Å². The van der Waals surface area contributed by atoms with Gasteiger partial charge < -0.3 is 20.9 Å². The van der Waals surface area contributed by atoms with Crippen molar-refractivity contribution in [3.05, 3.63) is 106 Å². The summed E-state index contributed by atoms with van der Waals surface area (Å²) in [6.07, 6.45) is 13.8. The zero-order valence-corrected chi connectivity index (χ0v) is 36.6. The van der Waals surface area contributed by atoms with Gasteiger partial charge in [0, 0.05) is 59.2 Å².